The average Bonchev–Trinajstić information content (AvgIpc) is 2.85. The molecule has 17 heavy (non-hydrogen) atoms. The fourth-order valence-corrected chi connectivity index (χ4v) is 1.63. The molecule has 1 aliphatic heterocycles. The maximum absolute atomic E-state index is 12.4. The van der Waals surface area contributed by atoms with Gasteiger partial charge in [0.1, 0.15) is 5.69 Å². The molecule has 1 aromatic heterocycles. The summed E-state index contributed by atoms with van der Waals surface area (Å²) in [5.41, 5.74) is -0.192. The second-order valence-electron chi connectivity index (χ2n) is 3.60. The van der Waals surface area contributed by atoms with E-state index in [0.29, 0.717) is 13.0 Å². The Balaban J connectivity index is 2.42. The van der Waals surface area contributed by atoms with E-state index in [1.165, 1.54) is 0 Å². The molecule has 0 radical (unpaired) electrons. The average molecular weight is 251 g/mol. The van der Waals surface area contributed by atoms with Crippen molar-refractivity contribution in [2.45, 2.75) is 18.5 Å². The van der Waals surface area contributed by atoms with E-state index in [9.17, 15) is 18.0 Å². The van der Waals surface area contributed by atoms with Crippen molar-refractivity contribution in [3.05, 3.63) is 17.3 Å². The van der Waals surface area contributed by atoms with Gasteiger partial charge in [0, 0.05) is 12.5 Å². The molecule has 1 aliphatic rings. The first-order valence-corrected chi connectivity index (χ1v) is 4.78. The summed E-state index contributed by atoms with van der Waals surface area (Å²) in [6.07, 6.45) is -4.36. The van der Waals surface area contributed by atoms with E-state index in [1.807, 2.05) is 0 Å². The first kappa shape index (κ1) is 11.9. The Hall–Kier alpha value is -1.57. The Kier molecular flexibility index (Phi) is 2.82. The molecule has 2 heterocycles. The van der Waals surface area contributed by atoms with Gasteiger partial charge in [-0.2, -0.15) is 13.2 Å². The van der Waals surface area contributed by atoms with Gasteiger partial charge >= 0.3 is 18.0 Å². The number of rotatable bonds is 2. The Morgan fingerprint density at radius 3 is 2.65 bits per heavy atom. The number of alkyl halides is 3. The minimum absolute atomic E-state index is 0.157. The molecule has 5 nitrogen and oxygen atoms in total. The molecule has 0 saturated carbocycles. The van der Waals surface area contributed by atoms with Crippen molar-refractivity contribution in [3.63, 3.8) is 0 Å². The SMILES string of the molecule is O=C(O)c1oc(C(F)(F)F)nc1C1CCOC1. The van der Waals surface area contributed by atoms with Crippen LogP contribution in [0.2, 0.25) is 0 Å². The van der Waals surface area contributed by atoms with Gasteiger partial charge in [-0.05, 0) is 6.42 Å². The van der Waals surface area contributed by atoms with Gasteiger partial charge in [0.05, 0.1) is 6.61 Å². The Morgan fingerprint density at radius 1 is 1.47 bits per heavy atom. The Labute approximate surface area is 93.2 Å². The molecule has 1 fully saturated rings. The molecule has 8 heteroatoms. The summed E-state index contributed by atoms with van der Waals surface area (Å²) in [7, 11) is 0. The van der Waals surface area contributed by atoms with Gasteiger partial charge in [-0.3, -0.25) is 0 Å². The Morgan fingerprint density at radius 2 is 2.18 bits per heavy atom. The lowest BCUT2D eigenvalue weighted by molar-refractivity contribution is -0.157. The molecule has 0 aromatic carbocycles. The first-order valence-electron chi connectivity index (χ1n) is 4.78. The third-order valence-corrected chi connectivity index (χ3v) is 2.41. The number of carboxylic acids is 1. The molecule has 0 bridgehead atoms. The molecule has 0 aliphatic carbocycles. The van der Waals surface area contributed by atoms with E-state index in [0.717, 1.165) is 0 Å². The second kappa shape index (κ2) is 4.02. The summed E-state index contributed by atoms with van der Waals surface area (Å²) in [4.78, 5) is 14.0. The van der Waals surface area contributed by atoms with Crippen LogP contribution in [0.5, 0.6) is 0 Å². The van der Waals surface area contributed by atoms with Crippen molar-refractivity contribution in [2.24, 2.45) is 0 Å². The van der Waals surface area contributed by atoms with Gasteiger partial charge in [0.15, 0.2) is 0 Å². The Bertz CT molecular complexity index is 434. The van der Waals surface area contributed by atoms with Crippen LogP contribution in [0, 0.1) is 0 Å². The maximum Gasteiger partial charge on any atom is 0.468 e. The van der Waals surface area contributed by atoms with Crippen molar-refractivity contribution in [1.29, 1.82) is 0 Å². The van der Waals surface area contributed by atoms with Gasteiger partial charge in [-0.25, -0.2) is 9.78 Å². The van der Waals surface area contributed by atoms with Crippen LogP contribution in [0.4, 0.5) is 13.2 Å². The van der Waals surface area contributed by atoms with E-state index >= 15 is 0 Å². The van der Waals surface area contributed by atoms with E-state index in [-0.39, 0.29) is 12.3 Å². The highest BCUT2D eigenvalue weighted by Gasteiger charge is 2.41. The minimum atomic E-state index is -4.79. The monoisotopic (exact) mass is 251 g/mol. The molecule has 1 atom stereocenters. The quantitative estimate of drug-likeness (QED) is 0.868. The normalized spacial score (nSPS) is 20.8. The highest BCUT2D eigenvalue weighted by Crippen LogP contribution is 2.34. The van der Waals surface area contributed by atoms with Crippen molar-refractivity contribution >= 4 is 5.97 Å². The zero-order valence-corrected chi connectivity index (χ0v) is 8.45. The molecular formula is C9H8F3NO4. The summed E-state index contributed by atoms with van der Waals surface area (Å²) in [5.74, 6) is -4.31. The fourth-order valence-electron chi connectivity index (χ4n) is 1.63. The van der Waals surface area contributed by atoms with E-state index in [1.54, 1.807) is 0 Å². The van der Waals surface area contributed by atoms with Gasteiger partial charge in [0.2, 0.25) is 5.76 Å². The van der Waals surface area contributed by atoms with Crippen LogP contribution >= 0.6 is 0 Å². The molecule has 0 amide bonds. The lowest BCUT2D eigenvalue weighted by Gasteiger charge is -2.02. The molecule has 1 saturated heterocycles. The summed E-state index contributed by atoms with van der Waals surface area (Å²) >= 11 is 0. The molecule has 2 rings (SSSR count). The molecule has 1 aromatic rings. The summed E-state index contributed by atoms with van der Waals surface area (Å²) in [6, 6.07) is 0. The number of oxazole rings is 1. The van der Waals surface area contributed by atoms with E-state index in [4.69, 9.17) is 9.84 Å². The largest absolute Gasteiger partial charge is 0.475 e. The number of aromatic carboxylic acids is 1. The van der Waals surface area contributed by atoms with Crippen LogP contribution in [0.3, 0.4) is 0 Å². The van der Waals surface area contributed by atoms with Crippen molar-refractivity contribution < 1.29 is 32.2 Å². The van der Waals surface area contributed by atoms with Crippen LogP contribution in [0.15, 0.2) is 4.42 Å². The zero-order chi connectivity index (χ0) is 12.6. The van der Waals surface area contributed by atoms with Gasteiger partial charge in [-0.1, -0.05) is 0 Å². The molecule has 1 unspecified atom stereocenters. The standard InChI is InChI=1S/C9H8F3NO4/c10-9(11,12)8-13-5(4-1-2-16-3-4)6(17-8)7(14)15/h4H,1-3H2,(H,14,15). The topological polar surface area (TPSA) is 72.6 Å². The number of ether oxygens (including phenoxy) is 1. The molecular weight excluding hydrogens is 243 g/mol. The summed E-state index contributed by atoms with van der Waals surface area (Å²) in [6.45, 7) is 0.530. The van der Waals surface area contributed by atoms with Crippen molar-refractivity contribution in [2.75, 3.05) is 13.2 Å². The van der Waals surface area contributed by atoms with Crippen molar-refractivity contribution in [1.82, 2.24) is 4.98 Å². The van der Waals surface area contributed by atoms with Crippen molar-refractivity contribution in [3.8, 4) is 0 Å². The smallest absolute Gasteiger partial charge is 0.468 e. The number of nitrogens with zero attached hydrogens (tertiary/aromatic N) is 1. The minimum Gasteiger partial charge on any atom is -0.475 e. The predicted octanol–water partition coefficient (Wildman–Crippen LogP) is 1.90. The van der Waals surface area contributed by atoms with E-state index < -0.39 is 29.7 Å². The molecule has 0 spiro atoms. The third kappa shape index (κ3) is 2.26. The predicted molar refractivity (Wildman–Crippen MR) is 46.6 cm³/mol. The van der Waals surface area contributed by atoms with Gasteiger partial charge < -0.3 is 14.3 Å². The van der Waals surface area contributed by atoms with Crippen LogP contribution in [0.25, 0.3) is 0 Å². The summed E-state index contributed by atoms with van der Waals surface area (Å²) < 4.78 is 46.3. The second-order valence-corrected chi connectivity index (χ2v) is 3.60. The number of halogens is 3. The highest BCUT2D eigenvalue weighted by atomic mass is 19.4. The third-order valence-electron chi connectivity index (χ3n) is 2.41. The van der Waals surface area contributed by atoms with Crippen LogP contribution in [-0.4, -0.2) is 29.3 Å². The first-order chi connectivity index (χ1) is 7.89. The lowest BCUT2D eigenvalue weighted by Crippen LogP contribution is -2.07. The van der Waals surface area contributed by atoms with Crippen LogP contribution < -0.4 is 0 Å². The van der Waals surface area contributed by atoms with Gasteiger partial charge in [-0.15, -0.1) is 0 Å². The summed E-state index contributed by atoms with van der Waals surface area (Å²) in [5, 5.41) is 8.76. The lowest BCUT2D eigenvalue weighted by atomic mass is 10.0. The zero-order valence-electron chi connectivity index (χ0n) is 8.45. The van der Waals surface area contributed by atoms with E-state index in [2.05, 4.69) is 9.40 Å². The maximum atomic E-state index is 12.4. The van der Waals surface area contributed by atoms with Gasteiger partial charge in [0.25, 0.3) is 0 Å². The number of aromatic nitrogens is 1. The highest BCUT2D eigenvalue weighted by molar-refractivity contribution is 5.85. The fraction of sp³-hybridized carbons (Fsp3) is 0.556. The molecule has 1 N–H and O–H groups in total. The van der Waals surface area contributed by atoms with Crippen LogP contribution in [0.1, 0.15) is 34.5 Å². The number of carbonyl (C=O) groups is 1. The number of hydrogen-bond donors (Lipinski definition) is 1. The number of hydrogen-bond acceptors (Lipinski definition) is 4. The molecule has 94 valence electrons. The number of carboxylic acid groups (broad SMARTS) is 1. The van der Waals surface area contributed by atoms with Crippen LogP contribution in [-0.2, 0) is 10.9 Å².